The van der Waals surface area contributed by atoms with Crippen molar-refractivity contribution >= 4 is 5.97 Å². The summed E-state index contributed by atoms with van der Waals surface area (Å²) in [6, 6.07) is 6.00. The van der Waals surface area contributed by atoms with Gasteiger partial charge in [0, 0.05) is 0 Å². The second-order valence-corrected chi connectivity index (χ2v) is 6.59. The summed E-state index contributed by atoms with van der Waals surface area (Å²) in [7, 11) is 1.66. The van der Waals surface area contributed by atoms with Crippen molar-refractivity contribution in [3.05, 3.63) is 29.3 Å². The Bertz CT molecular complexity index is 507. The Hall–Kier alpha value is -1.51. The predicted molar refractivity (Wildman–Crippen MR) is 83.8 cm³/mol. The Kier molecular flexibility index (Phi) is 4.92. The fourth-order valence-corrected chi connectivity index (χ4v) is 3.64. The van der Waals surface area contributed by atoms with Gasteiger partial charge in [0.2, 0.25) is 0 Å². The normalized spacial score (nSPS) is 25.9. The monoisotopic (exact) mass is 290 g/mol. The molecule has 3 atom stereocenters. The minimum absolute atomic E-state index is 0.120. The minimum Gasteiger partial charge on any atom is -0.497 e. The molecule has 1 fully saturated rings. The van der Waals surface area contributed by atoms with E-state index in [4.69, 9.17) is 4.74 Å². The third-order valence-corrected chi connectivity index (χ3v) is 5.03. The van der Waals surface area contributed by atoms with Gasteiger partial charge < -0.3 is 9.84 Å². The molecular formula is C18H26O3. The van der Waals surface area contributed by atoms with Gasteiger partial charge in [-0.3, -0.25) is 4.79 Å². The van der Waals surface area contributed by atoms with Crippen molar-refractivity contribution in [3.8, 4) is 5.75 Å². The molecule has 1 aliphatic rings. The molecule has 0 aromatic heterocycles. The molecule has 0 saturated heterocycles. The summed E-state index contributed by atoms with van der Waals surface area (Å²) in [4.78, 5) is 11.6. The molecule has 0 spiro atoms. The first kappa shape index (κ1) is 15.9. The average molecular weight is 290 g/mol. The van der Waals surface area contributed by atoms with Crippen LogP contribution in [-0.2, 0) is 4.79 Å². The highest BCUT2D eigenvalue weighted by atomic mass is 16.5. The van der Waals surface area contributed by atoms with E-state index in [0.29, 0.717) is 11.8 Å². The number of carboxylic acid groups (broad SMARTS) is 1. The SMILES string of the molecule is COc1ccc(C2CC(C(C)C)CCC2C(=O)O)c(C)c1. The Morgan fingerprint density at radius 2 is 2.05 bits per heavy atom. The molecule has 116 valence electrons. The summed E-state index contributed by atoms with van der Waals surface area (Å²) < 4.78 is 5.25. The van der Waals surface area contributed by atoms with Gasteiger partial charge in [0.15, 0.2) is 0 Å². The van der Waals surface area contributed by atoms with E-state index in [1.54, 1.807) is 7.11 Å². The van der Waals surface area contributed by atoms with Gasteiger partial charge >= 0.3 is 5.97 Å². The van der Waals surface area contributed by atoms with E-state index in [-0.39, 0.29) is 11.8 Å². The Morgan fingerprint density at radius 3 is 2.57 bits per heavy atom. The Morgan fingerprint density at radius 1 is 1.33 bits per heavy atom. The maximum absolute atomic E-state index is 11.6. The van der Waals surface area contributed by atoms with Gasteiger partial charge in [-0.25, -0.2) is 0 Å². The number of hydrogen-bond donors (Lipinski definition) is 1. The van der Waals surface area contributed by atoms with Gasteiger partial charge in [-0.15, -0.1) is 0 Å². The van der Waals surface area contributed by atoms with Crippen LogP contribution in [0.3, 0.4) is 0 Å². The molecule has 0 heterocycles. The van der Waals surface area contributed by atoms with Crippen LogP contribution in [0.1, 0.15) is 50.2 Å². The van der Waals surface area contributed by atoms with Crippen LogP contribution in [0.25, 0.3) is 0 Å². The molecule has 0 bridgehead atoms. The molecule has 3 unspecified atom stereocenters. The number of aryl methyl sites for hydroxylation is 1. The summed E-state index contributed by atoms with van der Waals surface area (Å²) in [5.41, 5.74) is 2.31. The van der Waals surface area contributed by atoms with Crippen molar-refractivity contribution in [2.24, 2.45) is 17.8 Å². The smallest absolute Gasteiger partial charge is 0.307 e. The first-order chi connectivity index (χ1) is 9.93. The van der Waals surface area contributed by atoms with Crippen molar-refractivity contribution in [2.45, 2.75) is 46.0 Å². The van der Waals surface area contributed by atoms with Crippen LogP contribution >= 0.6 is 0 Å². The number of ether oxygens (including phenoxy) is 1. The van der Waals surface area contributed by atoms with E-state index in [2.05, 4.69) is 26.8 Å². The van der Waals surface area contributed by atoms with E-state index < -0.39 is 5.97 Å². The molecule has 1 aromatic rings. The Labute approximate surface area is 127 Å². The molecule has 0 radical (unpaired) electrons. The van der Waals surface area contributed by atoms with Gasteiger partial charge in [0.25, 0.3) is 0 Å². The fourth-order valence-electron chi connectivity index (χ4n) is 3.64. The van der Waals surface area contributed by atoms with Crippen LogP contribution in [0.2, 0.25) is 0 Å². The van der Waals surface area contributed by atoms with Crippen molar-refractivity contribution < 1.29 is 14.6 Å². The molecular weight excluding hydrogens is 264 g/mol. The van der Waals surface area contributed by atoms with E-state index in [1.165, 1.54) is 5.56 Å². The van der Waals surface area contributed by atoms with Gasteiger partial charge in [0.1, 0.15) is 5.75 Å². The number of carboxylic acids is 1. The fraction of sp³-hybridized carbons (Fsp3) is 0.611. The molecule has 21 heavy (non-hydrogen) atoms. The summed E-state index contributed by atoms with van der Waals surface area (Å²) in [5.74, 6) is 1.27. The Balaban J connectivity index is 2.33. The van der Waals surface area contributed by atoms with Crippen LogP contribution in [0.5, 0.6) is 5.75 Å². The second kappa shape index (κ2) is 6.50. The molecule has 1 aromatic carbocycles. The lowest BCUT2D eigenvalue weighted by molar-refractivity contribution is -0.144. The van der Waals surface area contributed by atoms with E-state index in [1.807, 2.05) is 12.1 Å². The van der Waals surface area contributed by atoms with Gasteiger partial charge in [-0.05, 0) is 67.2 Å². The highest BCUT2D eigenvalue weighted by Gasteiger charge is 2.37. The van der Waals surface area contributed by atoms with Crippen molar-refractivity contribution in [1.29, 1.82) is 0 Å². The molecule has 2 rings (SSSR count). The summed E-state index contributed by atoms with van der Waals surface area (Å²) >= 11 is 0. The molecule has 3 nitrogen and oxygen atoms in total. The molecule has 0 amide bonds. The quantitative estimate of drug-likeness (QED) is 0.902. The molecule has 1 aliphatic carbocycles. The van der Waals surface area contributed by atoms with Crippen LogP contribution in [0.15, 0.2) is 18.2 Å². The van der Waals surface area contributed by atoms with Crippen molar-refractivity contribution in [1.82, 2.24) is 0 Å². The summed E-state index contributed by atoms with van der Waals surface area (Å²) in [6.45, 7) is 6.53. The molecule has 1 saturated carbocycles. The van der Waals surface area contributed by atoms with E-state index >= 15 is 0 Å². The van der Waals surface area contributed by atoms with Crippen molar-refractivity contribution in [3.63, 3.8) is 0 Å². The summed E-state index contributed by atoms with van der Waals surface area (Å²) in [6.07, 6.45) is 2.79. The van der Waals surface area contributed by atoms with Crippen molar-refractivity contribution in [2.75, 3.05) is 7.11 Å². The van der Waals surface area contributed by atoms with Gasteiger partial charge in [-0.1, -0.05) is 19.9 Å². The third kappa shape index (κ3) is 3.39. The lowest BCUT2D eigenvalue weighted by Crippen LogP contribution is -2.31. The third-order valence-electron chi connectivity index (χ3n) is 5.03. The zero-order chi connectivity index (χ0) is 15.6. The van der Waals surface area contributed by atoms with Crippen LogP contribution in [0, 0.1) is 24.7 Å². The first-order valence-electron chi connectivity index (χ1n) is 7.81. The number of hydrogen-bond acceptors (Lipinski definition) is 2. The highest BCUT2D eigenvalue weighted by molar-refractivity contribution is 5.71. The van der Waals surface area contributed by atoms with E-state index in [0.717, 1.165) is 30.6 Å². The lowest BCUT2D eigenvalue weighted by Gasteiger charge is -2.37. The maximum atomic E-state index is 11.6. The van der Waals surface area contributed by atoms with E-state index in [9.17, 15) is 9.90 Å². The number of carbonyl (C=O) groups is 1. The van der Waals surface area contributed by atoms with Crippen LogP contribution in [0.4, 0.5) is 0 Å². The van der Waals surface area contributed by atoms with Crippen LogP contribution < -0.4 is 4.74 Å². The highest BCUT2D eigenvalue weighted by Crippen LogP contribution is 2.44. The molecule has 3 heteroatoms. The number of rotatable bonds is 4. The van der Waals surface area contributed by atoms with Crippen LogP contribution in [-0.4, -0.2) is 18.2 Å². The number of aliphatic carboxylic acids is 1. The average Bonchev–Trinajstić information content (AvgIpc) is 2.46. The van der Waals surface area contributed by atoms with Gasteiger partial charge in [-0.2, -0.15) is 0 Å². The second-order valence-electron chi connectivity index (χ2n) is 6.59. The lowest BCUT2D eigenvalue weighted by atomic mass is 9.67. The molecule has 0 aliphatic heterocycles. The number of methoxy groups -OCH3 is 1. The summed E-state index contributed by atoms with van der Waals surface area (Å²) in [5, 5.41) is 9.56. The number of benzene rings is 1. The van der Waals surface area contributed by atoms with Gasteiger partial charge in [0.05, 0.1) is 13.0 Å². The zero-order valence-electron chi connectivity index (χ0n) is 13.4. The minimum atomic E-state index is -0.655. The first-order valence-corrected chi connectivity index (χ1v) is 7.81. The topological polar surface area (TPSA) is 46.5 Å². The largest absolute Gasteiger partial charge is 0.497 e. The maximum Gasteiger partial charge on any atom is 0.307 e. The zero-order valence-corrected chi connectivity index (χ0v) is 13.4. The standard InChI is InChI=1S/C18H26O3/c1-11(2)13-5-7-16(18(19)20)17(10-13)15-8-6-14(21-4)9-12(15)3/h6,8-9,11,13,16-17H,5,7,10H2,1-4H3,(H,19,20). The predicted octanol–water partition coefficient (Wildman–Crippen LogP) is 4.24. The molecule has 1 N–H and O–H groups in total.